The highest BCUT2D eigenvalue weighted by molar-refractivity contribution is 5.33. The molecule has 102 valence electrons. The van der Waals surface area contributed by atoms with E-state index < -0.39 is 0 Å². The van der Waals surface area contributed by atoms with E-state index in [2.05, 4.69) is 10.2 Å². The van der Waals surface area contributed by atoms with E-state index in [1.807, 2.05) is 6.07 Å². The Hall–Kier alpha value is -1.44. The highest BCUT2D eigenvalue weighted by Crippen LogP contribution is 2.10. The zero-order valence-corrected chi connectivity index (χ0v) is 11.2. The van der Waals surface area contributed by atoms with E-state index in [0.717, 1.165) is 13.1 Å². The van der Waals surface area contributed by atoms with Gasteiger partial charge in [-0.1, -0.05) is 6.42 Å². The first-order chi connectivity index (χ1) is 9.29. The summed E-state index contributed by atoms with van der Waals surface area (Å²) in [7, 11) is 0. The first kappa shape index (κ1) is 14.0. The van der Waals surface area contributed by atoms with Gasteiger partial charge in [0.15, 0.2) is 0 Å². The number of rotatable bonds is 5. The van der Waals surface area contributed by atoms with E-state index >= 15 is 0 Å². The van der Waals surface area contributed by atoms with Crippen LogP contribution in [0.2, 0.25) is 0 Å². The van der Waals surface area contributed by atoms with Gasteiger partial charge >= 0.3 is 0 Å². The van der Waals surface area contributed by atoms with Crippen molar-refractivity contribution < 1.29 is 4.39 Å². The smallest absolute Gasteiger partial charge is 0.127 e. The van der Waals surface area contributed by atoms with Crippen LogP contribution < -0.4 is 5.32 Å². The number of benzene rings is 1. The fraction of sp³-hybridized carbons (Fsp3) is 0.533. The molecule has 1 aliphatic rings. The van der Waals surface area contributed by atoms with E-state index in [4.69, 9.17) is 5.26 Å². The van der Waals surface area contributed by atoms with Crippen molar-refractivity contribution in [2.75, 3.05) is 26.2 Å². The number of hydrogen-bond acceptors (Lipinski definition) is 3. The van der Waals surface area contributed by atoms with Crippen molar-refractivity contribution in [2.45, 2.75) is 25.8 Å². The number of hydrogen-bond donors (Lipinski definition) is 1. The monoisotopic (exact) mass is 261 g/mol. The van der Waals surface area contributed by atoms with Crippen LogP contribution in [0.15, 0.2) is 18.2 Å². The minimum absolute atomic E-state index is 0.246. The fourth-order valence-electron chi connectivity index (χ4n) is 2.42. The lowest BCUT2D eigenvalue weighted by Gasteiger charge is -2.26. The maximum absolute atomic E-state index is 13.5. The quantitative estimate of drug-likeness (QED) is 0.826. The molecule has 19 heavy (non-hydrogen) atoms. The predicted octanol–water partition coefficient (Wildman–Crippen LogP) is 2.27. The maximum atomic E-state index is 13.5. The summed E-state index contributed by atoms with van der Waals surface area (Å²) >= 11 is 0. The Labute approximate surface area is 114 Å². The molecule has 1 aliphatic heterocycles. The van der Waals surface area contributed by atoms with Crippen LogP contribution >= 0.6 is 0 Å². The second-order valence-corrected chi connectivity index (χ2v) is 5.00. The average Bonchev–Trinajstić information content (AvgIpc) is 2.46. The molecule has 0 aromatic heterocycles. The number of nitriles is 1. The summed E-state index contributed by atoms with van der Waals surface area (Å²) in [4.78, 5) is 2.44. The van der Waals surface area contributed by atoms with E-state index in [-0.39, 0.29) is 5.82 Å². The average molecular weight is 261 g/mol. The summed E-state index contributed by atoms with van der Waals surface area (Å²) in [5.74, 6) is -0.246. The minimum atomic E-state index is -0.246. The van der Waals surface area contributed by atoms with Crippen LogP contribution in [0, 0.1) is 17.1 Å². The molecule has 4 heteroatoms. The summed E-state index contributed by atoms with van der Waals surface area (Å²) in [5, 5.41) is 12.0. The number of nitrogens with zero attached hydrogens (tertiary/aromatic N) is 2. The third-order valence-corrected chi connectivity index (χ3v) is 3.54. The van der Waals surface area contributed by atoms with Gasteiger partial charge in [-0.05, 0) is 44.1 Å². The molecule has 0 saturated carbocycles. The molecule has 0 unspecified atom stereocenters. The molecular weight excluding hydrogens is 241 g/mol. The molecular formula is C15H20FN3. The third kappa shape index (κ3) is 4.30. The van der Waals surface area contributed by atoms with Gasteiger partial charge in [-0.25, -0.2) is 4.39 Å². The van der Waals surface area contributed by atoms with Gasteiger partial charge in [-0.15, -0.1) is 0 Å². The normalized spacial score (nSPS) is 16.2. The lowest BCUT2D eigenvalue weighted by Crippen LogP contribution is -2.35. The number of halogens is 1. The Balaban J connectivity index is 1.74. The SMILES string of the molecule is N#Cc1ccc(F)c(CNCCN2CCCCC2)c1. The van der Waals surface area contributed by atoms with Crippen LogP contribution in [0.3, 0.4) is 0 Å². The van der Waals surface area contributed by atoms with Crippen LogP contribution in [0.5, 0.6) is 0 Å². The van der Waals surface area contributed by atoms with Gasteiger partial charge in [0.05, 0.1) is 11.6 Å². The molecule has 0 spiro atoms. The van der Waals surface area contributed by atoms with Gasteiger partial charge < -0.3 is 10.2 Å². The zero-order chi connectivity index (χ0) is 13.5. The molecule has 1 saturated heterocycles. The topological polar surface area (TPSA) is 39.1 Å². The molecule has 1 N–H and O–H groups in total. The van der Waals surface area contributed by atoms with Gasteiger partial charge in [-0.2, -0.15) is 5.26 Å². The van der Waals surface area contributed by atoms with Crippen molar-refractivity contribution in [1.82, 2.24) is 10.2 Å². The van der Waals surface area contributed by atoms with E-state index in [1.165, 1.54) is 44.5 Å². The van der Waals surface area contributed by atoms with Gasteiger partial charge in [0.2, 0.25) is 0 Å². The van der Waals surface area contributed by atoms with Crippen molar-refractivity contribution in [3.8, 4) is 6.07 Å². The van der Waals surface area contributed by atoms with E-state index in [9.17, 15) is 4.39 Å². The van der Waals surface area contributed by atoms with E-state index in [0.29, 0.717) is 17.7 Å². The first-order valence-electron chi connectivity index (χ1n) is 6.91. The molecule has 3 nitrogen and oxygen atoms in total. The summed E-state index contributed by atoms with van der Waals surface area (Å²) in [6, 6.07) is 6.52. The van der Waals surface area contributed by atoms with Crippen molar-refractivity contribution in [3.05, 3.63) is 35.1 Å². The largest absolute Gasteiger partial charge is 0.311 e. The Kier molecular flexibility index (Phi) is 5.31. The highest BCUT2D eigenvalue weighted by atomic mass is 19.1. The zero-order valence-electron chi connectivity index (χ0n) is 11.2. The summed E-state index contributed by atoms with van der Waals surface area (Å²) in [5.41, 5.74) is 1.08. The molecule has 1 aromatic carbocycles. The minimum Gasteiger partial charge on any atom is -0.311 e. The molecule has 2 rings (SSSR count). The van der Waals surface area contributed by atoms with E-state index in [1.54, 1.807) is 6.07 Å². The molecule has 0 amide bonds. The third-order valence-electron chi connectivity index (χ3n) is 3.54. The molecule has 0 radical (unpaired) electrons. The Morgan fingerprint density at radius 1 is 1.26 bits per heavy atom. The Morgan fingerprint density at radius 2 is 2.05 bits per heavy atom. The van der Waals surface area contributed by atoms with Crippen molar-refractivity contribution >= 4 is 0 Å². The van der Waals surface area contributed by atoms with Gasteiger partial charge in [0.1, 0.15) is 5.82 Å². The number of nitrogens with one attached hydrogen (secondary N) is 1. The van der Waals surface area contributed by atoms with Crippen molar-refractivity contribution in [2.24, 2.45) is 0 Å². The van der Waals surface area contributed by atoms with Crippen LogP contribution in [-0.4, -0.2) is 31.1 Å². The standard InChI is InChI=1S/C15H20FN3/c16-15-5-4-13(11-17)10-14(15)12-18-6-9-19-7-2-1-3-8-19/h4-5,10,18H,1-3,6-9,12H2. The number of piperidine rings is 1. The van der Waals surface area contributed by atoms with Gasteiger partial charge in [0.25, 0.3) is 0 Å². The van der Waals surface area contributed by atoms with Crippen molar-refractivity contribution in [1.29, 1.82) is 5.26 Å². The second kappa shape index (κ2) is 7.22. The van der Waals surface area contributed by atoms with Crippen LogP contribution in [0.1, 0.15) is 30.4 Å². The first-order valence-corrected chi connectivity index (χ1v) is 6.91. The summed E-state index contributed by atoms with van der Waals surface area (Å²) < 4.78 is 13.5. The lowest BCUT2D eigenvalue weighted by molar-refractivity contribution is 0.229. The predicted molar refractivity (Wildman–Crippen MR) is 73.1 cm³/mol. The van der Waals surface area contributed by atoms with Gasteiger partial charge in [-0.3, -0.25) is 0 Å². The molecule has 0 bridgehead atoms. The van der Waals surface area contributed by atoms with Crippen LogP contribution in [0.25, 0.3) is 0 Å². The molecule has 1 fully saturated rings. The maximum Gasteiger partial charge on any atom is 0.127 e. The molecule has 1 heterocycles. The van der Waals surface area contributed by atoms with Crippen LogP contribution in [0.4, 0.5) is 4.39 Å². The Morgan fingerprint density at radius 3 is 2.79 bits per heavy atom. The second-order valence-electron chi connectivity index (χ2n) is 5.00. The molecule has 0 aliphatic carbocycles. The lowest BCUT2D eigenvalue weighted by atomic mass is 10.1. The Bertz CT molecular complexity index is 447. The summed E-state index contributed by atoms with van der Waals surface area (Å²) in [6.07, 6.45) is 3.92. The summed E-state index contributed by atoms with van der Waals surface area (Å²) in [6.45, 7) is 4.71. The fourth-order valence-corrected chi connectivity index (χ4v) is 2.42. The number of likely N-dealkylation sites (tertiary alicyclic amines) is 1. The molecule has 1 aromatic rings. The molecule has 0 atom stereocenters. The van der Waals surface area contributed by atoms with Crippen molar-refractivity contribution in [3.63, 3.8) is 0 Å². The van der Waals surface area contributed by atoms with Gasteiger partial charge in [0, 0.05) is 25.2 Å². The van der Waals surface area contributed by atoms with Crippen LogP contribution in [-0.2, 0) is 6.54 Å². The highest BCUT2D eigenvalue weighted by Gasteiger charge is 2.09.